The molecule has 1 N–H and O–H groups in total. The lowest BCUT2D eigenvalue weighted by Gasteiger charge is -2.15. The molecular formula is C6H9NO3S. The van der Waals surface area contributed by atoms with Crippen LogP contribution in [-0.2, 0) is 9.84 Å². The predicted octanol–water partition coefficient (Wildman–Crippen LogP) is -0.694. The van der Waals surface area contributed by atoms with Crippen molar-refractivity contribution >= 4 is 9.84 Å². The Hall–Kier alpha value is -0.600. The summed E-state index contributed by atoms with van der Waals surface area (Å²) in [6.07, 6.45) is -1.03. The Kier molecular flexibility index (Phi) is 1.69. The summed E-state index contributed by atoms with van der Waals surface area (Å²) < 4.78 is 21.8. The zero-order valence-electron chi connectivity index (χ0n) is 6.11. The molecular weight excluding hydrogens is 166 g/mol. The molecule has 0 amide bonds. The maximum absolute atomic E-state index is 10.9. The van der Waals surface area contributed by atoms with Gasteiger partial charge in [-0.3, -0.25) is 0 Å². The summed E-state index contributed by atoms with van der Waals surface area (Å²) >= 11 is 0. The zero-order chi connectivity index (χ0) is 8.70. The topological polar surface area (TPSA) is 78.2 Å². The third-order valence-corrected chi connectivity index (χ3v) is 3.79. The molecule has 0 aromatic heterocycles. The highest BCUT2D eigenvalue weighted by molar-refractivity contribution is 7.91. The predicted molar refractivity (Wildman–Crippen MR) is 38.4 cm³/mol. The maximum atomic E-state index is 10.9. The van der Waals surface area contributed by atoms with Gasteiger partial charge in [-0.1, -0.05) is 0 Å². The van der Waals surface area contributed by atoms with Gasteiger partial charge in [-0.05, 0) is 6.92 Å². The molecule has 1 aliphatic rings. The van der Waals surface area contributed by atoms with Gasteiger partial charge < -0.3 is 5.11 Å². The average Bonchev–Trinajstić information content (AvgIpc) is 2.03. The molecule has 4 nitrogen and oxygen atoms in total. The summed E-state index contributed by atoms with van der Waals surface area (Å²) in [7, 11) is -3.19. The number of hydrogen-bond acceptors (Lipinski definition) is 4. The summed E-state index contributed by atoms with van der Waals surface area (Å²) in [5.74, 6) is -0.505. The van der Waals surface area contributed by atoms with E-state index in [1.807, 2.05) is 6.07 Å². The quantitative estimate of drug-likeness (QED) is 0.528. The maximum Gasteiger partial charge on any atom is 0.154 e. The minimum absolute atomic E-state index is 0.225. The lowest BCUT2D eigenvalue weighted by molar-refractivity contribution is 0.120. The molecule has 2 atom stereocenters. The number of rotatable bonds is 0. The van der Waals surface area contributed by atoms with Crippen LogP contribution in [0.3, 0.4) is 0 Å². The van der Waals surface area contributed by atoms with Gasteiger partial charge in [0.05, 0.1) is 29.1 Å². The van der Waals surface area contributed by atoms with Crippen molar-refractivity contribution in [3.05, 3.63) is 0 Å². The molecule has 1 rings (SSSR count). The van der Waals surface area contributed by atoms with E-state index in [1.54, 1.807) is 0 Å². The minimum Gasteiger partial charge on any atom is -0.390 e. The minimum atomic E-state index is -3.19. The van der Waals surface area contributed by atoms with Gasteiger partial charge in [-0.15, -0.1) is 0 Å². The number of nitrogens with zero attached hydrogens (tertiary/aromatic N) is 1. The van der Waals surface area contributed by atoms with Crippen LogP contribution in [-0.4, -0.2) is 31.1 Å². The summed E-state index contributed by atoms with van der Waals surface area (Å²) in [6.45, 7) is 1.46. The van der Waals surface area contributed by atoms with E-state index in [0.29, 0.717) is 0 Å². The molecule has 2 unspecified atom stereocenters. The van der Waals surface area contributed by atoms with Crippen LogP contribution in [0.1, 0.15) is 6.92 Å². The molecule has 0 aromatic rings. The standard InChI is InChI=1S/C6H9NO3S/c1-6(3-7)4-11(9,10)2-5(6)8/h5,8H,2,4H2,1H3. The van der Waals surface area contributed by atoms with Crippen LogP contribution in [0.2, 0.25) is 0 Å². The van der Waals surface area contributed by atoms with Crippen molar-refractivity contribution in [1.82, 2.24) is 0 Å². The van der Waals surface area contributed by atoms with Crippen LogP contribution in [0.15, 0.2) is 0 Å². The monoisotopic (exact) mass is 175 g/mol. The van der Waals surface area contributed by atoms with Crippen molar-refractivity contribution in [2.45, 2.75) is 13.0 Å². The van der Waals surface area contributed by atoms with Gasteiger partial charge in [-0.2, -0.15) is 5.26 Å². The Bertz CT molecular complexity index is 302. The first-order valence-electron chi connectivity index (χ1n) is 3.19. The molecule has 62 valence electrons. The van der Waals surface area contributed by atoms with Crippen molar-refractivity contribution in [3.8, 4) is 6.07 Å². The molecule has 0 saturated carbocycles. The van der Waals surface area contributed by atoms with E-state index >= 15 is 0 Å². The Labute approximate surface area is 65.4 Å². The summed E-state index contributed by atoms with van der Waals surface area (Å²) in [5, 5.41) is 17.7. The molecule has 0 radical (unpaired) electrons. The normalized spacial score (nSPS) is 41.7. The van der Waals surface area contributed by atoms with Gasteiger partial charge in [0.25, 0.3) is 0 Å². The van der Waals surface area contributed by atoms with Crippen molar-refractivity contribution in [3.63, 3.8) is 0 Å². The van der Waals surface area contributed by atoms with Gasteiger partial charge in [0, 0.05) is 0 Å². The van der Waals surface area contributed by atoms with Gasteiger partial charge >= 0.3 is 0 Å². The van der Waals surface area contributed by atoms with E-state index in [2.05, 4.69) is 0 Å². The second kappa shape index (κ2) is 2.19. The van der Waals surface area contributed by atoms with Crippen LogP contribution in [0.25, 0.3) is 0 Å². The van der Waals surface area contributed by atoms with Gasteiger partial charge in [-0.25, -0.2) is 8.42 Å². The first-order valence-corrected chi connectivity index (χ1v) is 5.01. The van der Waals surface area contributed by atoms with Crippen molar-refractivity contribution in [2.75, 3.05) is 11.5 Å². The highest BCUT2D eigenvalue weighted by atomic mass is 32.2. The van der Waals surface area contributed by atoms with Crippen LogP contribution in [0.4, 0.5) is 0 Å². The van der Waals surface area contributed by atoms with Gasteiger partial charge in [0.2, 0.25) is 0 Å². The largest absolute Gasteiger partial charge is 0.390 e. The van der Waals surface area contributed by atoms with E-state index in [-0.39, 0.29) is 11.5 Å². The molecule has 1 saturated heterocycles. The molecule has 0 aromatic carbocycles. The number of sulfone groups is 1. The second-order valence-electron chi connectivity index (χ2n) is 3.10. The Morgan fingerprint density at radius 1 is 1.73 bits per heavy atom. The molecule has 1 fully saturated rings. The fourth-order valence-electron chi connectivity index (χ4n) is 1.14. The number of aliphatic hydroxyl groups is 1. The number of aliphatic hydroxyl groups excluding tert-OH is 1. The summed E-state index contributed by atoms with van der Waals surface area (Å²) in [5.41, 5.74) is -1.10. The Morgan fingerprint density at radius 2 is 2.27 bits per heavy atom. The van der Waals surface area contributed by atoms with Crippen LogP contribution >= 0.6 is 0 Å². The van der Waals surface area contributed by atoms with E-state index in [1.165, 1.54) is 6.92 Å². The highest BCUT2D eigenvalue weighted by Gasteiger charge is 2.46. The molecule has 1 heterocycles. The van der Waals surface area contributed by atoms with Crippen molar-refractivity contribution in [2.24, 2.45) is 5.41 Å². The highest BCUT2D eigenvalue weighted by Crippen LogP contribution is 2.30. The third-order valence-electron chi connectivity index (χ3n) is 1.92. The van der Waals surface area contributed by atoms with Crippen LogP contribution < -0.4 is 0 Å². The first-order chi connectivity index (χ1) is 4.90. The Balaban J connectivity index is 3.02. The fraction of sp³-hybridized carbons (Fsp3) is 0.833. The average molecular weight is 175 g/mol. The van der Waals surface area contributed by atoms with E-state index in [0.717, 1.165) is 0 Å². The number of nitriles is 1. The van der Waals surface area contributed by atoms with Crippen LogP contribution in [0, 0.1) is 16.7 Å². The third kappa shape index (κ3) is 1.37. The zero-order valence-corrected chi connectivity index (χ0v) is 6.93. The molecule has 0 bridgehead atoms. The number of hydrogen-bond donors (Lipinski definition) is 1. The van der Waals surface area contributed by atoms with E-state index in [4.69, 9.17) is 5.26 Å². The Morgan fingerprint density at radius 3 is 2.45 bits per heavy atom. The van der Waals surface area contributed by atoms with Gasteiger partial charge in [0.15, 0.2) is 9.84 Å². The second-order valence-corrected chi connectivity index (χ2v) is 5.21. The SMILES string of the molecule is CC1(C#N)CS(=O)(=O)CC1O. The van der Waals surface area contributed by atoms with E-state index < -0.39 is 21.4 Å². The molecule has 0 spiro atoms. The molecule has 1 aliphatic heterocycles. The first kappa shape index (κ1) is 8.50. The fourth-order valence-corrected chi connectivity index (χ4v) is 3.28. The van der Waals surface area contributed by atoms with Crippen LogP contribution in [0.5, 0.6) is 0 Å². The van der Waals surface area contributed by atoms with Gasteiger partial charge in [0.1, 0.15) is 0 Å². The van der Waals surface area contributed by atoms with E-state index in [9.17, 15) is 13.5 Å². The van der Waals surface area contributed by atoms with Crippen molar-refractivity contribution < 1.29 is 13.5 Å². The lowest BCUT2D eigenvalue weighted by Crippen LogP contribution is -2.28. The summed E-state index contributed by atoms with van der Waals surface area (Å²) in [4.78, 5) is 0. The van der Waals surface area contributed by atoms with Crippen molar-refractivity contribution in [1.29, 1.82) is 5.26 Å². The molecule has 11 heavy (non-hydrogen) atoms. The lowest BCUT2D eigenvalue weighted by atomic mass is 9.90. The smallest absolute Gasteiger partial charge is 0.154 e. The molecule has 5 heteroatoms. The summed E-state index contributed by atoms with van der Waals surface area (Å²) in [6, 6.07) is 1.82. The molecule has 0 aliphatic carbocycles.